The molecule has 20 heavy (non-hydrogen) atoms. The summed E-state index contributed by atoms with van der Waals surface area (Å²) in [6.07, 6.45) is 4.19. The lowest BCUT2D eigenvalue weighted by molar-refractivity contribution is 0.610. The van der Waals surface area contributed by atoms with Crippen LogP contribution in [0, 0.1) is 0 Å². The monoisotopic (exact) mass is 305 g/mol. The minimum atomic E-state index is 0.408. The Hall–Kier alpha value is -1.26. The van der Waals surface area contributed by atoms with Gasteiger partial charge in [-0.2, -0.15) is 0 Å². The second-order valence-electron chi connectivity index (χ2n) is 4.92. The molecule has 2 aromatic rings. The van der Waals surface area contributed by atoms with E-state index in [0.717, 1.165) is 18.7 Å². The summed E-state index contributed by atoms with van der Waals surface area (Å²) in [6, 6.07) is 10.8. The number of para-hydroxylation sites is 1. The second kappa shape index (κ2) is 5.62. The van der Waals surface area contributed by atoms with Crippen molar-refractivity contribution >= 4 is 34.9 Å². The summed E-state index contributed by atoms with van der Waals surface area (Å²) in [7, 11) is 0. The van der Waals surface area contributed by atoms with Crippen LogP contribution in [0.4, 0.5) is 11.5 Å². The summed E-state index contributed by atoms with van der Waals surface area (Å²) in [5.41, 5.74) is 2.60. The zero-order valence-corrected chi connectivity index (χ0v) is 13.1. The number of thioether (sulfide) groups is 1. The van der Waals surface area contributed by atoms with Gasteiger partial charge in [0.05, 0.1) is 0 Å². The zero-order chi connectivity index (χ0) is 14.1. The molecule has 3 nitrogen and oxygen atoms in total. The van der Waals surface area contributed by atoms with E-state index in [1.165, 1.54) is 23.0 Å². The molecule has 1 unspecified atom stereocenters. The van der Waals surface area contributed by atoms with Crippen molar-refractivity contribution in [3.63, 3.8) is 0 Å². The van der Waals surface area contributed by atoms with Crippen LogP contribution in [0.5, 0.6) is 0 Å². The van der Waals surface area contributed by atoms with Crippen molar-refractivity contribution in [2.45, 2.75) is 31.0 Å². The van der Waals surface area contributed by atoms with E-state index in [4.69, 9.17) is 11.6 Å². The summed E-state index contributed by atoms with van der Waals surface area (Å²) in [5.74, 6) is 0.883. The van der Waals surface area contributed by atoms with Crippen LogP contribution < -0.4 is 4.90 Å². The number of benzene rings is 1. The van der Waals surface area contributed by atoms with Gasteiger partial charge in [-0.1, -0.05) is 41.6 Å². The van der Waals surface area contributed by atoms with Gasteiger partial charge in [0.2, 0.25) is 0 Å². The minimum absolute atomic E-state index is 0.408. The Morgan fingerprint density at radius 3 is 2.90 bits per heavy atom. The highest BCUT2D eigenvalue weighted by Gasteiger charge is 2.25. The fourth-order valence-electron chi connectivity index (χ4n) is 2.64. The van der Waals surface area contributed by atoms with Crippen LogP contribution in [0.2, 0.25) is 5.15 Å². The predicted molar refractivity (Wildman–Crippen MR) is 85.2 cm³/mol. The molecule has 0 bridgehead atoms. The van der Waals surface area contributed by atoms with Gasteiger partial charge < -0.3 is 4.90 Å². The lowest BCUT2D eigenvalue weighted by atomic mass is 9.97. The number of fused-ring (bicyclic) bond motifs is 1. The van der Waals surface area contributed by atoms with Crippen molar-refractivity contribution in [1.82, 2.24) is 9.97 Å². The van der Waals surface area contributed by atoms with Crippen LogP contribution in [0.25, 0.3) is 0 Å². The van der Waals surface area contributed by atoms with E-state index in [2.05, 4.69) is 46.1 Å². The topological polar surface area (TPSA) is 29.0 Å². The fraction of sp³-hybridized carbons (Fsp3) is 0.333. The fourth-order valence-corrected chi connectivity index (χ4v) is 3.24. The van der Waals surface area contributed by atoms with Gasteiger partial charge in [0.1, 0.15) is 11.0 Å². The molecule has 0 amide bonds. The molecule has 1 aromatic carbocycles. The summed E-state index contributed by atoms with van der Waals surface area (Å²) in [5, 5.41) is 1.21. The third kappa shape index (κ3) is 2.50. The van der Waals surface area contributed by atoms with Gasteiger partial charge in [-0.15, -0.1) is 0 Å². The van der Waals surface area contributed by atoms with Gasteiger partial charge in [-0.3, -0.25) is 0 Å². The predicted octanol–water partition coefficient (Wildman–Crippen LogP) is 4.32. The summed E-state index contributed by atoms with van der Waals surface area (Å²) in [6.45, 7) is 2.23. The SMILES string of the molecule is CSc1nc(Cl)cc(N2c3ccccc3CCC2C)n1. The van der Waals surface area contributed by atoms with E-state index in [9.17, 15) is 0 Å². The maximum atomic E-state index is 6.13. The number of rotatable bonds is 2. The van der Waals surface area contributed by atoms with Gasteiger partial charge in [0.15, 0.2) is 5.16 Å². The number of halogens is 1. The molecule has 5 heteroatoms. The molecular weight excluding hydrogens is 290 g/mol. The second-order valence-corrected chi connectivity index (χ2v) is 6.08. The molecule has 1 aliphatic heterocycles. The number of nitrogens with zero attached hydrogens (tertiary/aromatic N) is 3. The quantitative estimate of drug-likeness (QED) is 0.469. The first-order valence-electron chi connectivity index (χ1n) is 6.65. The van der Waals surface area contributed by atoms with Crippen molar-refractivity contribution in [3.05, 3.63) is 41.0 Å². The largest absolute Gasteiger partial charge is 0.323 e. The molecule has 0 aliphatic carbocycles. The maximum Gasteiger partial charge on any atom is 0.190 e. The van der Waals surface area contributed by atoms with Crippen molar-refractivity contribution in [3.8, 4) is 0 Å². The Balaban J connectivity index is 2.11. The number of hydrogen-bond donors (Lipinski definition) is 0. The van der Waals surface area contributed by atoms with Crippen molar-refractivity contribution in [1.29, 1.82) is 0 Å². The first-order chi connectivity index (χ1) is 9.69. The lowest BCUT2D eigenvalue weighted by Gasteiger charge is -2.36. The van der Waals surface area contributed by atoms with Gasteiger partial charge in [-0.25, -0.2) is 9.97 Å². The van der Waals surface area contributed by atoms with E-state index in [1.807, 2.05) is 12.3 Å². The standard InChI is InChI=1S/C15H16ClN3S/c1-10-7-8-11-5-3-4-6-12(11)19(10)14-9-13(16)17-15(18-14)20-2/h3-6,9-10H,7-8H2,1-2H3. The summed E-state index contributed by atoms with van der Waals surface area (Å²) < 4.78 is 0. The minimum Gasteiger partial charge on any atom is -0.323 e. The average molecular weight is 306 g/mol. The smallest absolute Gasteiger partial charge is 0.190 e. The van der Waals surface area contributed by atoms with Gasteiger partial charge in [-0.05, 0) is 37.7 Å². The highest BCUT2D eigenvalue weighted by Crippen LogP contribution is 2.36. The Kier molecular flexibility index (Phi) is 3.85. The summed E-state index contributed by atoms with van der Waals surface area (Å²) >= 11 is 7.64. The Bertz CT molecular complexity index is 632. The number of aromatic nitrogens is 2. The van der Waals surface area contributed by atoms with Crippen molar-refractivity contribution in [2.24, 2.45) is 0 Å². The van der Waals surface area contributed by atoms with Crippen molar-refractivity contribution in [2.75, 3.05) is 11.2 Å². The van der Waals surface area contributed by atoms with E-state index in [-0.39, 0.29) is 0 Å². The van der Waals surface area contributed by atoms with E-state index < -0.39 is 0 Å². The molecule has 3 rings (SSSR count). The Morgan fingerprint density at radius 1 is 1.30 bits per heavy atom. The number of aryl methyl sites for hydroxylation is 1. The van der Waals surface area contributed by atoms with Crippen LogP contribution in [-0.4, -0.2) is 22.3 Å². The van der Waals surface area contributed by atoms with Crippen LogP contribution in [0.15, 0.2) is 35.5 Å². The number of hydrogen-bond acceptors (Lipinski definition) is 4. The van der Waals surface area contributed by atoms with Gasteiger partial charge >= 0.3 is 0 Å². The van der Waals surface area contributed by atoms with Gasteiger partial charge in [0.25, 0.3) is 0 Å². The molecule has 2 heterocycles. The molecule has 0 saturated heterocycles. The van der Waals surface area contributed by atoms with Crippen LogP contribution in [0.3, 0.4) is 0 Å². The maximum absolute atomic E-state index is 6.13. The molecule has 0 saturated carbocycles. The van der Waals surface area contributed by atoms with Crippen LogP contribution >= 0.6 is 23.4 Å². The van der Waals surface area contributed by atoms with Crippen LogP contribution in [-0.2, 0) is 6.42 Å². The van der Waals surface area contributed by atoms with E-state index >= 15 is 0 Å². The van der Waals surface area contributed by atoms with E-state index in [0.29, 0.717) is 16.4 Å². The lowest BCUT2D eigenvalue weighted by Crippen LogP contribution is -2.33. The average Bonchev–Trinajstić information content (AvgIpc) is 2.46. The highest BCUT2D eigenvalue weighted by molar-refractivity contribution is 7.98. The van der Waals surface area contributed by atoms with Crippen molar-refractivity contribution < 1.29 is 0 Å². The number of anilines is 2. The Labute approximate surface area is 128 Å². The first-order valence-corrected chi connectivity index (χ1v) is 8.25. The van der Waals surface area contributed by atoms with Gasteiger partial charge in [0, 0.05) is 17.8 Å². The molecule has 1 aromatic heterocycles. The third-order valence-corrected chi connectivity index (χ3v) is 4.35. The molecule has 0 fully saturated rings. The normalized spacial score (nSPS) is 17.9. The molecule has 0 N–H and O–H groups in total. The zero-order valence-electron chi connectivity index (χ0n) is 11.5. The highest BCUT2D eigenvalue weighted by atomic mass is 35.5. The molecule has 0 radical (unpaired) electrons. The molecule has 1 aliphatic rings. The molecule has 104 valence electrons. The van der Waals surface area contributed by atoms with E-state index in [1.54, 1.807) is 0 Å². The van der Waals surface area contributed by atoms with Crippen LogP contribution in [0.1, 0.15) is 18.9 Å². The molecule has 1 atom stereocenters. The summed E-state index contributed by atoms with van der Waals surface area (Å²) in [4.78, 5) is 11.1. The Morgan fingerprint density at radius 2 is 2.10 bits per heavy atom. The molecule has 0 spiro atoms. The molecular formula is C15H16ClN3S. The third-order valence-electron chi connectivity index (χ3n) is 3.61. The first kappa shape index (κ1) is 13.7.